The largest absolute Gasteiger partial charge is 0.412 e. The SMILES string of the molecule is C[C@H]1OC(CO)C2(O[Si](C)(C)C)CCC1C(O[Si](C)(C)C)C2O[Si](C)(C)C. The highest BCUT2D eigenvalue weighted by Gasteiger charge is 2.62. The van der Waals surface area contributed by atoms with Gasteiger partial charge in [0.15, 0.2) is 25.0 Å². The predicted octanol–water partition coefficient (Wildman–Crippen LogP) is 4.21. The molecule has 1 aliphatic carbocycles. The Balaban J connectivity index is 2.60. The molecular weight excluding hydrogens is 392 g/mol. The number of rotatable bonds is 7. The van der Waals surface area contributed by atoms with Crippen LogP contribution < -0.4 is 0 Å². The zero-order chi connectivity index (χ0) is 20.8. The Morgan fingerprint density at radius 3 is 1.93 bits per heavy atom. The van der Waals surface area contributed by atoms with Gasteiger partial charge >= 0.3 is 0 Å². The molecule has 2 aliphatic heterocycles. The van der Waals surface area contributed by atoms with Crippen molar-refractivity contribution in [1.82, 2.24) is 0 Å². The van der Waals surface area contributed by atoms with Gasteiger partial charge in [0.25, 0.3) is 0 Å². The highest BCUT2D eigenvalue weighted by atomic mass is 28.4. The molecule has 27 heavy (non-hydrogen) atoms. The lowest BCUT2D eigenvalue weighted by atomic mass is 9.72. The molecule has 6 atom stereocenters. The fourth-order valence-corrected chi connectivity index (χ4v) is 8.27. The number of aliphatic hydroxyl groups is 1. The minimum Gasteiger partial charge on any atom is -0.412 e. The summed E-state index contributed by atoms with van der Waals surface area (Å²) in [6.07, 6.45) is 1.26. The van der Waals surface area contributed by atoms with Crippen LogP contribution in [0.2, 0.25) is 58.9 Å². The smallest absolute Gasteiger partial charge is 0.184 e. The van der Waals surface area contributed by atoms with Crippen molar-refractivity contribution in [2.24, 2.45) is 5.92 Å². The van der Waals surface area contributed by atoms with Crippen molar-refractivity contribution in [3.8, 4) is 0 Å². The average molecular weight is 435 g/mol. The standard InChI is InChI=1S/C19H42O5Si3/c1-14-15-11-12-19(16(13-20)21-14,24-27(8,9)10)18(23-26(5,6)7)17(15)22-25(2,3)4/h14-18,20H,11-13H2,1-10H3/t14-,15?,16?,17?,18?,19?/m1/s1. The molecule has 0 aromatic heterocycles. The second-order valence-electron chi connectivity index (χ2n) is 11.2. The number of fused-ring (bicyclic) bond motifs is 4. The lowest BCUT2D eigenvalue weighted by molar-refractivity contribution is -0.175. The summed E-state index contributed by atoms with van der Waals surface area (Å²) in [6, 6.07) is 0. The lowest BCUT2D eigenvalue weighted by Gasteiger charge is -2.54. The van der Waals surface area contributed by atoms with Gasteiger partial charge in [0.2, 0.25) is 0 Å². The molecule has 2 heterocycles. The Labute approximate surface area is 169 Å². The lowest BCUT2D eigenvalue weighted by Crippen LogP contribution is -2.68. The third-order valence-corrected chi connectivity index (χ3v) is 8.16. The van der Waals surface area contributed by atoms with E-state index in [0.29, 0.717) is 0 Å². The van der Waals surface area contributed by atoms with Crippen LogP contribution in [0.25, 0.3) is 0 Å². The first-order chi connectivity index (χ1) is 12.1. The van der Waals surface area contributed by atoms with Crippen LogP contribution in [0.1, 0.15) is 19.8 Å². The van der Waals surface area contributed by atoms with Crippen molar-refractivity contribution in [3.05, 3.63) is 0 Å². The third kappa shape index (κ3) is 5.75. The highest BCUT2D eigenvalue weighted by molar-refractivity contribution is 6.70. The number of hydrogen-bond acceptors (Lipinski definition) is 5. The van der Waals surface area contributed by atoms with Gasteiger partial charge in [-0.15, -0.1) is 0 Å². The van der Waals surface area contributed by atoms with E-state index < -0.39 is 30.6 Å². The van der Waals surface area contributed by atoms with Crippen LogP contribution in [0.3, 0.4) is 0 Å². The van der Waals surface area contributed by atoms with E-state index in [1.54, 1.807) is 0 Å². The van der Waals surface area contributed by atoms with E-state index in [4.69, 9.17) is 18.0 Å². The van der Waals surface area contributed by atoms with E-state index in [0.717, 1.165) is 12.8 Å². The maximum absolute atomic E-state index is 10.3. The van der Waals surface area contributed by atoms with Gasteiger partial charge in [-0.3, -0.25) is 0 Å². The van der Waals surface area contributed by atoms with Crippen LogP contribution in [-0.4, -0.2) is 66.7 Å². The molecule has 0 aromatic carbocycles. The quantitative estimate of drug-likeness (QED) is 0.608. The van der Waals surface area contributed by atoms with Gasteiger partial charge in [-0.25, -0.2) is 0 Å². The van der Waals surface area contributed by atoms with Crippen LogP contribution in [0.4, 0.5) is 0 Å². The molecule has 1 saturated carbocycles. The molecule has 0 aromatic rings. The van der Waals surface area contributed by atoms with E-state index in [1.165, 1.54) is 0 Å². The van der Waals surface area contributed by atoms with Gasteiger partial charge in [-0.2, -0.15) is 0 Å². The van der Waals surface area contributed by atoms with E-state index in [-0.39, 0.29) is 36.9 Å². The number of aliphatic hydroxyl groups excluding tert-OH is 1. The number of hydrogen-bond donors (Lipinski definition) is 1. The van der Waals surface area contributed by atoms with Crippen molar-refractivity contribution in [1.29, 1.82) is 0 Å². The topological polar surface area (TPSA) is 57.2 Å². The van der Waals surface area contributed by atoms with Crippen molar-refractivity contribution in [3.63, 3.8) is 0 Å². The Bertz CT molecular complexity index is 511. The van der Waals surface area contributed by atoms with Gasteiger partial charge in [0.05, 0.1) is 18.8 Å². The van der Waals surface area contributed by atoms with E-state index in [1.807, 2.05) is 0 Å². The molecule has 3 aliphatic rings. The first-order valence-corrected chi connectivity index (χ1v) is 20.6. The fraction of sp³-hybridized carbons (Fsp3) is 1.00. The van der Waals surface area contributed by atoms with Crippen molar-refractivity contribution in [2.45, 2.75) is 109 Å². The minimum absolute atomic E-state index is 0.0193. The molecule has 3 rings (SSSR count). The van der Waals surface area contributed by atoms with Crippen molar-refractivity contribution >= 4 is 25.0 Å². The van der Waals surface area contributed by atoms with Crippen LogP contribution in [0.15, 0.2) is 0 Å². The first kappa shape index (κ1) is 23.7. The number of ether oxygens (including phenoxy) is 1. The van der Waals surface area contributed by atoms with Crippen LogP contribution >= 0.6 is 0 Å². The third-order valence-electron chi connectivity index (χ3n) is 5.23. The zero-order valence-corrected chi connectivity index (χ0v) is 22.1. The summed E-state index contributed by atoms with van der Waals surface area (Å²) in [4.78, 5) is 0. The second kappa shape index (κ2) is 7.94. The first-order valence-electron chi connectivity index (χ1n) is 10.4. The Kier molecular flexibility index (Phi) is 6.98. The van der Waals surface area contributed by atoms with Crippen LogP contribution in [0.5, 0.6) is 0 Å². The van der Waals surface area contributed by atoms with Crippen LogP contribution in [0, 0.1) is 5.92 Å². The molecule has 8 heteroatoms. The van der Waals surface area contributed by atoms with Gasteiger partial charge in [0, 0.05) is 5.92 Å². The summed E-state index contributed by atoms with van der Waals surface area (Å²) in [6.45, 7) is 22.0. The second-order valence-corrected chi connectivity index (χ2v) is 24.6. The maximum atomic E-state index is 10.3. The van der Waals surface area contributed by atoms with Crippen LogP contribution in [-0.2, 0) is 18.0 Å². The molecule has 0 spiro atoms. The molecule has 5 nitrogen and oxygen atoms in total. The van der Waals surface area contributed by atoms with Gasteiger partial charge in [-0.1, -0.05) is 0 Å². The average Bonchev–Trinajstić information content (AvgIpc) is 2.60. The predicted molar refractivity (Wildman–Crippen MR) is 118 cm³/mol. The molecular formula is C19H42O5Si3. The molecule has 0 radical (unpaired) electrons. The van der Waals surface area contributed by atoms with Gasteiger partial charge in [0.1, 0.15) is 17.8 Å². The minimum atomic E-state index is -1.92. The van der Waals surface area contributed by atoms with Gasteiger partial charge in [-0.05, 0) is 78.7 Å². The normalized spacial score (nSPS) is 38.1. The summed E-state index contributed by atoms with van der Waals surface area (Å²) < 4.78 is 26.9. The Morgan fingerprint density at radius 2 is 1.48 bits per heavy atom. The summed E-state index contributed by atoms with van der Waals surface area (Å²) in [5, 5.41) is 10.3. The molecule has 5 unspecified atom stereocenters. The highest BCUT2D eigenvalue weighted by Crippen LogP contribution is 2.49. The Morgan fingerprint density at radius 1 is 0.926 bits per heavy atom. The molecule has 0 amide bonds. The van der Waals surface area contributed by atoms with E-state index in [9.17, 15) is 5.11 Å². The Hall–Kier alpha value is 0.451. The van der Waals surface area contributed by atoms with E-state index in [2.05, 4.69) is 65.8 Å². The van der Waals surface area contributed by atoms with Gasteiger partial charge < -0.3 is 23.1 Å². The fourth-order valence-electron chi connectivity index (χ4n) is 4.57. The van der Waals surface area contributed by atoms with E-state index >= 15 is 0 Å². The molecule has 1 N–H and O–H groups in total. The zero-order valence-electron chi connectivity index (χ0n) is 19.1. The molecule has 2 bridgehead atoms. The molecule has 160 valence electrons. The monoisotopic (exact) mass is 434 g/mol. The summed E-state index contributed by atoms with van der Waals surface area (Å²) >= 11 is 0. The summed E-state index contributed by atoms with van der Waals surface area (Å²) in [5.74, 6) is 0.271. The molecule has 3 fully saturated rings. The summed E-state index contributed by atoms with van der Waals surface area (Å²) in [7, 11) is -5.60. The molecule has 2 saturated heterocycles. The summed E-state index contributed by atoms with van der Waals surface area (Å²) in [5.41, 5.74) is -0.634. The maximum Gasteiger partial charge on any atom is 0.184 e. The van der Waals surface area contributed by atoms with Crippen molar-refractivity contribution in [2.75, 3.05) is 6.61 Å². The van der Waals surface area contributed by atoms with Crippen molar-refractivity contribution < 1.29 is 23.1 Å².